The molecule has 17 heavy (non-hydrogen) atoms. The topological polar surface area (TPSA) is 42.2 Å². The fourth-order valence-corrected chi connectivity index (χ4v) is 1.99. The Morgan fingerprint density at radius 1 is 1.29 bits per heavy atom. The van der Waals surface area contributed by atoms with E-state index >= 15 is 0 Å². The van der Waals surface area contributed by atoms with Gasteiger partial charge in [0.1, 0.15) is 0 Å². The molecule has 0 aliphatic rings. The van der Waals surface area contributed by atoms with Crippen LogP contribution in [-0.2, 0) is 6.54 Å². The number of carboxylic acids is 1. The fraction of sp³-hybridized carbons (Fsp3) is 0.154. The van der Waals surface area contributed by atoms with Gasteiger partial charge in [0.15, 0.2) is 0 Å². The average Bonchev–Trinajstić information content (AvgIpc) is 2.73. The molecule has 88 valence electrons. The number of benzene rings is 1. The van der Waals surface area contributed by atoms with Gasteiger partial charge < -0.3 is 9.67 Å². The van der Waals surface area contributed by atoms with E-state index in [2.05, 4.69) is 0 Å². The van der Waals surface area contributed by atoms with Gasteiger partial charge in [0, 0.05) is 35.1 Å². The molecule has 1 N–H and O–H groups in total. The third-order valence-corrected chi connectivity index (χ3v) is 2.97. The zero-order chi connectivity index (χ0) is 12.4. The number of aryl methyl sites for hydroxylation is 1. The van der Waals surface area contributed by atoms with Crippen molar-refractivity contribution < 1.29 is 9.90 Å². The minimum atomic E-state index is -0.938. The number of halogens is 1. The molecule has 1 aromatic carbocycles. The largest absolute Gasteiger partial charge is 0.478 e. The van der Waals surface area contributed by atoms with Gasteiger partial charge in [-0.1, -0.05) is 29.8 Å². The first kappa shape index (κ1) is 11.7. The van der Waals surface area contributed by atoms with Gasteiger partial charge in [0.05, 0.1) is 5.56 Å². The second-order valence-corrected chi connectivity index (χ2v) is 4.11. The van der Waals surface area contributed by atoms with E-state index in [-0.39, 0.29) is 5.56 Å². The van der Waals surface area contributed by atoms with Crippen molar-refractivity contribution in [2.75, 3.05) is 0 Å². The Kier molecular flexibility index (Phi) is 3.20. The van der Waals surface area contributed by atoms with E-state index in [1.165, 1.54) is 0 Å². The van der Waals surface area contributed by atoms with E-state index in [0.29, 0.717) is 10.6 Å². The number of carbonyl (C=O) groups is 1. The summed E-state index contributed by atoms with van der Waals surface area (Å²) in [5.41, 5.74) is 1.68. The molecule has 2 rings (SSSR count). The number of hydrogen-bond donors (Lipinski definition) is 1. The molecule has 4 heteroatoms. The minimum Gasteiger partial charge on any atom is -0.478 e. The Bertz CT molecular complexity index is 560. The Hall–Kier alpha value is -1.74. The van der Waals surface area contributed by atoms with Crippen LogP contribution in [-0.4, -0.2) is 15.6 Å². The molecule has 0 radical (unpaired) electrons. The van der Waals surface area contributed by atoms with Crippen LogP contribution in [0.2, 0.25) is 5.02 Å². The van der Waals surface area contributed by atoms with Gasteiger partial charge in [-0.2, -0.15) is 0 Å². The highest BCUT2D eigenvalue weighted by atomic mass is 35.5. The second kappa shape index (κ2) is 4.63. The van der Waals surface area contributed by atoms with E-state index in [1.807, 2.05) is 35.9 Å². The van der Waals surface area contributed by atoms with E-state index in [1.54, 1.807) is 12.3 Å². The first-order valence-corrected chi connectivity index (χ1v) is 5.69. The lowest BCUT2D eigenvalue weighted by Crippen LogP contribution is -1.96. The van der Waals surface area contributed by atoms with Crippen LogP contribution in [0.15, 0.2) is 36.7 Å². The van der Waals surface area contributed by atoms with Gasteiger partial charge in [-0.15, -0.1) is 0 Å². The van der Waals surface area contributed by atoms with E-state index in [0.717, 1.165) is 12.1 Å². The molecule has 0 aliphatic heterocycles. The highest BCUT2D eigenvalue weighted by molar-refractivity contribution is 6.33. The SMILES string of the molecule is CCn1cc(C(=O)O)c(-c2ccccc2Cl)c1. The smallest absolute Gasteiger partial charge is 0.337 e. The zero-order valence-electron chi connectivity index (χ0n) is 9.35. The van der Waals surface area contributed by atoms with Gasteiger partial charge in [-0.25, -0.2) is 4.79 Å². The van der Waals surface area contributed by atoms with Crippen LogP contribution in [0.4, 0.5) is 0 Å². The summed E-state index contributed by atoms with van der Waals surface area (Å²) >= 11 is 6.09. The maximum absolute atomic E-state index is 11.2. The Morgan fingerprint density at radius 2 is 2.00 bits per heavy atom. The molecule has 0 fully saturated rings. The van der Waals surface area contributed by atoms with Crippen LogP contribution in [0.3, 0.4) is 0 Å². The normalized spacial score (nSPS) is 10.5. The van der Waals surface area contributed by atoms with Crippen molar-refractivity contribution in [2.24, 2.45) is 0 Å². The van der Waals surface area contributed by atoms with E-state index in [4.69, 9.17) is 11.6 Å². The molecule has 0 unspecified atom stereocenters. The summed E-state index contributed by atoms with van der Waals surface area (Å²) in [5, 5.41) is 9.73. The van der Waals surface area contributed by atoms with Gasteiger partial charge in [-0.05, 0) is 13.0 Å². The summed E-state index contributed by atoms with van der Waals surface area (Å²) in [6, 6.07) is 7.25. The lowest BCUT2D eigenvalue weighted by Gasteiger charge is -2.02. The molecule has 0 amide bonds. The Morgan fingerprint density at radius 3 is 2.59 bits per heavy atom. The van der Waals surface area contributed by atoms with E-state index < -0.39 is 5.97 Å². The lowest BCUT2D eigenvalue weighted by atomic mass is 10.1. The monoisotopic (exact) mass is 249 g/mol. The summed E-state index contributed by atoms with van der Waals surface area (Å²) < 4.78 is 1.84. The molecule has 0 saturated carbocycles. The van der Waals surface area contributed by atoms with Crippen molar-refractivity contribution in [3.05, 3.63) is 47.2 Å². The minimum absolute atomic E-state index is 0.278. The van der Waals surface area contributed by atoms with Crippen molar-refractivity contribution in [3.63, 3.8) is 0 Å². The van der Waals surface area contributed by atoms with Crippen LogP contribution in [0.25, 0.3) is 11.1 Å². The second-order valence-electron chi connectivity index (χ2n) is 3.70. The molecule has 0 spiro atoms. The summed E-state index contributed by atoms with van der Waals surface area (Å²) in [5.74, 6) is -0.938. The predicted octanol–water partition coefficient (Wildman–Crippen LogP) is 3.53. The number of aromatic carboxylic acids is 1. The molecule has 1 heterocycles. The standard InChI is InChI=1S/C13H12ClNO2/c1-2-15-7-10(11(8-15)13(16)17)9-5-3-4-6-12(9)14/h3-8H,2H2,1H3,(H,16,17). The third-order valence-electron chi connectivity index (χ3n) is 2.64. The number of rotatable bonds is 3. The maximum atomic E-state index is 11.2. The summed E-state index contributed by atoms with van der Waals surface area (Å²) in [6.07, 6.45) is 3.44. The van der Waals surface area contributed by atoms with Crippen LogP contribution in [0, 0.1) is 0 Å². The predicted molar refractivity (Wildman–Crippen MR) is 67.5 cm³/mol. The first-order chi connectivity index (χ1) is 8.13. The zero-order valence-corrected chi connectivity index (χ0v) is 10.1. The van der Waals surface area contributed by atoms with Gasteiger partial charge in [0.2, 0.25) is 0 Å². The van der Waals surface area contributed by atoms with Crippen molar-refractivity contribution in [2.45, 2.75) is 13.5 Å². The molecule has 0 atom stereocenters. The quantitative estimate of drug-likeness (QED) is 0.904. The summed E-state index contributed by atoms with van der Waals surface area (Å²) in [4.78, 5) is 11.2. The fourth-order valence-electron chi connectivity index (χ4n) is 1.76. The van der Waals surface area contributed by atoms with Crippen LogP contribution >= 0.6 is 11.6 Å². The lowest BCUT2D eigenvalue weighted by molar-refractivity contribution is 0.0697. The van der Waals surface area contributed by atoms with E-state index in [9.17, 15) is 9.90 Å². The van der Waals surface area contributed by atoms with Gasteiger partial charge in [-0.3, -0.25) is 0 Å². The molecular weight excluding hydrogens is 238 g/mol. The average molecular weight is 250 g/mol. The first-order valence-electron chi connectivity index (χ1n) is 5.31. The molecule has 0 bridgehead atoms. The molecule has 0 saturated heterocycles. The van der Waals surface area contributed by atoms with Gasteiger partial charge >= 0.3 is 5.97 Å². The van der Waals surface area contributed by atoms with Crippen LogP contribution in [0.5, 0.6) is 0 Å². The van der Waals surface area contributed by atoms with Crippen molar-refractivity contribution in [3.8, 4) is 11.1 Å². The number of carboxylic acid groups (broad SMARTS) is 1. The Balaban J connectivity index is 2.62. The summed E-state index contributed by atoms with van der Waals surface area (Å²) in [6.45, 7) is 2.69. The highest BCUT2D eigenvalue weighted by Crippen LogP contribution is 2.31. The third kappa shape index (κ3) is 2.19. The summed E-state index contributed by atoms with van der Waals surface area (Å²) in [7, 11) is 0. The number of nitrogens with zero attached hydrogens (tertiary/aromatic N) is 1. The molecular formula is C13H12ClNO2. The molecule has 2 aromatic rings. The van der Waals surface area contributed by atoms with Crippen LogP contribution in [0.1, 0.15) is 17.3 Å². The molecule has 3 nitrogen and oxygen atoms in total. The molecule has 0 aliphatic carbocycles. The number of aromatic nitrogens is 1. The highest BCUT2D eigenvalue weighted by Gasteiger charge is 2.16. The van der Waals surface area contributed by atoms with Crippen molar-refractivity contribution >= 4 is 17.6 Å². The molecule has 1 aromatic heterocycles. The van der Waals surface area contributed by atoms with Crippen molar-refractivity contribution in [1.82, 2.24) is 4.57 Å². The van der Waals surface area contributed by atoms with Gasteiger partial charge in [0.25, 0.3) is 0 Å². The maximum Gasteiger partial charge on any atom is 0.337 e. The van der Waals surface area contributed by atoms with Crippen LogP contribution < -0.4 is 0 Å². The Labute approximate surface area is 104 Å². The number of hydrogen-bond acceptors (Lipinski definition) is 1. The van der Waals surface area contributed by atoms with Crippen molar-refractivity contribution in [1.29, 1.82) is 0 Å².